The molecule has 0 spiro atoms. The Morgan fingerprint density at radius 2 is 2.11 bits per heavy atom. The molecule has 0 saturated heterocycles. The summed E-state index contributed by atoms with van der Waals surface area (Å²) in [5.41, 5.74) is 5.52. The number of hydrogen-bond acceptors (Lipinski definition) is 2. The molecule has 0 bridgehead atoms. The smallest absolute Gasteiger partial charge is 0.0723 e. The first kappa shape index (κ1) is 13.2. The van der Waals surface area contributed by atoms with Crippen LogP contribution in [0.4, 0.5) is 5.69 Å². The van der Waals surface area contributed by atoms with Gasteiger partial charge in [-0.2, -0.15) is 0 Å². The SMILES string of the molecule is C=Cc1cc(CCc2ccccn2)cc(C)c1N=C. The number of nitrogens with zero attached hydrogens (tertiary/aromatic N) is 2. The Morgan fingerprint density at radius 3 is 2.74 bits per heavy atom. The highest BCUT2D eigenvalue weighted by molar-refractivity contribution is 5.69. The van der Waals surface area contributed by atoms with Crippen molar-refractivity contribution in [1.82, 2.24) is 4.98 Å². The molecule has 0 atom stereocenters. The van der Waals surface area contributed by atoms with E-state index in [4.69, 9.17) is 0 Å². The van der Waals surface area contributed by atoms with Crippen LogP contribution in [0.5, 0.6) is 0 Å². The standard InChI is InChI=1S/C17H18N2/c1-4-15-12-14(11-13(2)17(15)18-3)8-9-16-7-5-6-10-19-16/h4-7,10-12H,1,3,8-9H2,2H3. The summed E-state index contributed by atoms with van der Waals surface area (Å²) in [5.74, 6) is 0. The van der Waals surface area contributed by atoms with E-state index in [1.54, 1.807) is 0 Å². The number of benzene rings is 1. The number of pyridine rings is 1. The summed E-state index contributed by atoms with van der Waals surface area (Å²) in [6, 6.07) is 10.3. The normalized spacial score (nSPS) is 10.2. The van der Waals surface area contributed by atoms with E-state index in [9.17, 15) is 0 Å². The van der Waals surface area contributed by atoms with Gasteiger partial charge in [0.2, 0.25) is 0 Å². The van der Waals surface area contributed by atoms with Crippen molar-refractivity contribution in [3.8, 4) is 0 Å². The monoisotopic (exact) mass is 250 g/mol. The van der Waals surface area contributed by atoms with Crippen molar-refractivity contribution in [2.45, 2.75) is 19.8 Å². The lowest BCUT2D eigenvalue weighted by molar-refractivity contribution is 0.912. The van der Waals surface area contributed by atoms with Crippen LogP contribution in [0.25, 0.3) is 6.08 Å². The molecule has 2 rings (SSSR count). The third kappa shape index (κ3) is 3.16. The molecule has 0 N–H and O–H groups in total. The fraction of sp³-hybridized carbons (Fsp3) is 0.176. The molecule has 0 unspecified atom stereocenters. The second-order valence-corrected chi connectivity index (χ2v) is 4.53. The molecule has 0 fully saturated rings. The molecule has 2 heteroatoms. The minimum atomic E-state index is 0.927. The Kier molecular flexibility index (Phi) is 4.24. The van der Waals surface area contributed by atoms with E-state index >= 15 is 0 Å². The third-order valence-corrected chi connectivity index (χ3v) is 3.16. The van der Waals surface area contributed by atoms with Crippen molar-refractivity contribution in [3.63, 3.8) is 0 Å². The number of rotatable bonds is 5. The molecule has 1 aromatic carbocycles. The maximum absolute atomic E-state index is 4.34. The van der Waals surface area contributed by atoms with Crippen LogP contribution in [0.1, 0.15) is 22.4 Å². The molecule has 0 amide bonds. The average molecular weight is 250 g/mol. The molecule has 1 heterocycles. The summed E-state index contributed by atoms with van der Waals surface area (Å²) in [4.78, 5) is 8.41. The predicted molar refractivity (Wildman–Crippen MR) is 82.1 cm³/mol. The first-order valence-corrected chi connectivity index (χ1v) is 6.37. The molecule has 0 aliphatic heterocycles. The van der Waals surface area contributed by atoms with Gasteiger partial charge in [0.1, 0.15) is 0 Å². The van der Waals surface area contributed by atoms with Gasteiger partial charge in [0, 0.05) is 17.5 Å². The second-order valence-electron chi connectivity index (χ2n) is 4.53. The van der Waals surface area contributed by atoms with Gasteiger partial charge in [0.25, 0.3) is 0 Å². The summed E-state index contributed by atoms with van der Waals surface area (Å²) in [6.45, 7) is 9.51. The fourth-order valence-corrected chi connectivity index (χ4v) is 2.22. The molecule has 1 aromatic heterocycles. The number of aromatic nitrogens is 1. The van der Waals surface area contributed by atoms with E-state index < -0.39 is 0 Å². The van der Waals surface area contributed by atoms with Crippen molar-refractivity contribution in [2.75, 3.05) is 0 Å². The van der Waals surface area contributed by atoms with Crippen LogP contribution >= 0.6 is 0 Å². The summed E-state index contributed by atoms with van der Waals surface area (Å²) in [7, 11) is 0. The highest BCUT2D eigenvalue weighted by atomic mass is 14.7. The van der Waals surface area contributed by atoms with Crippen LogP contribution in [0.3, 0.4) is 0 Å². The van der Waals surface area contributed by atoms with E-state index in [0.29, 0.717) is 0 Å². The number of aliphatic imine (C=N–C) groups is 1. The van der Waals surface area contributed by atoms with Crippen LogP contribution in [-0.4, -0.2) is 11.7 Å². The zero-order valence-corrected chi connectivity index (χ0v) is 11.3. The Hall–Kier alpha value is -2.22. The fourth-order valence-electron chi connectivity index (χ4n) is 2.22. The Labute approximate surface area is 114 Å². The van der Waals surface area contributed by atoms with Crippen molar-refractivity contribution in [2.24, 2.45) is 4.99 Å². The molecular formula is C17H18N2. The summed E-state index contributed by atoms with van der Waals surface area (Å²) in [6.07, 6.45) is 5.58. The van der Waals surface area contributed by atoms with Gasteiger partial charge in [-0.3, -0.25) is 9.98 Å². The van der Waals surface area contributed by atoms with Crippen LogP contribution in [0.15, 0.2) is 48.1 Å². The van der Waals surface area contributed by atoms with E-state index in [-0.39, 0.29) is 0 Å². The van der Waals surface area contributed by atoms with Crippen LogP contribution in [-0.2, 0) is 12.8 Å². The van der Waals surface area contributed by atoms with Crippen molar-refractivity contribution >= 4 is 18.5 Å². The zero-order valence-electron chi connectivity index (χ0n) is 11.3. The van der Waals surface area contributed by atoms with Crippen molar-refractivity contribution in [3.05, 3.63) is 65.5 Å². The first-order valence-electron chi connectivity index (χ1n) is 6.37. The lowest BCUT2D eigenvalue weighted by Gasteiger charge is -2.09. The Bertz CT molecular complexity index is 586. The van der Waals surface area contributed by atoms with Crippen molar-refractivity contribution in [1.29, 1.82) is 0 Å². The second kappa shape index (κ2) is 6.10. The molecule has 2 nitrogen and oxygen atoms in total. The van der Waals surface area contributed by atoms with Gasteiger partial charge < -0.3 is 0 Å². The Balaban J connectivity index is 2.19. The quantitative estimate of drug-likeness (QED) is 0.732. The highest BCUT2D eigenvalue weighted by Crippen LogP contribution is 2.26. The van der Waals surface area contributed by atoms with Gasteiger partial charge >= 0.3 is 0 Å². The van der Waals surface area contributed by atoms with Gasteiger partial charge in [-0.15, -0.1) is 0 Å². The van der Waals surface area contributed by atoms with Gasteiger partial charge in [-0.05, 0) is 55.8 Å². The molecule has 0 saturated carbocycles. The maximum Gasteiger partial charge on any atom is 0.0723 e. The van der Waals surface area contributed by atoms with Crippen LogP contribution in [0.2, 0.25) is 0 Å². The zero-order chi connectivity index (χ0) is 13.7. The minimum absolute atomic E-state index is 0.927. The summed E-state index contributed by atoms with van der Waals surface area (Å²) < 4.78 is 0. The first-order chi connectivity index (χ1) is 9.24. The van der Waals surface area contributed by atoms with E-state index in [1.807, 2.05) is 24.4 Å². The summed E-state index contributed by atoms with van der Waals surface area (Å²) in [5, 5.41) is 0. The Morgan fingerprint density at radius 1 is 1.26 bits per heavy atom. The highest BCUT2D eigenvalue weighted by Gasteiger charge is 2.05. The van der Waals surface area contributed by atoms with E-state index in [1.165, 1.54) is 5.56 Å². The van der Waals surface area contributed by atoms with Crippen LogP contribution in [0, 0.1) is 6.92 Å². The molecule has 19 heavy (non-hydrogen) atoms. The van der Waals surface area contributed by atoms with Crippen LogP contribution < -0.4 is 0 Å². The van der Waals surface area contributed by atoms with Gasteiger partial charge in [-0.25, -0.2) is 0 Å². The molecule has 0 radical (unpaired) electrons. The van der Waals surface area contributed by atoms with Gasteiger partial charge in [-0.1, -0.05) is 24.8 Å². The third-order valence-electron chi connectivity index (χ3n) is 3.16. The molecule has 0 aliphatic rings. The van der Waals surface area contributed by atoms with Crippen molar-refractivity contribution < 1.29 is 0 Å². The average Bonchev–Trinajstić information content (AvgIpc) is 2.45. The van der Waals surface area contributed by atoms with Gasteiger partial charge in [0.05, 0.1) is 5.69 Å². The number of aryl methyl sites for hydroxylation is 3. The molecule has 96 valence electrons. The lowest BCUT2D eigenvalue weighted by Crippen LogP contribution is -1.95. The minimum Gasteiger partial charge on any atom is -0.264 e. The number of hydrogen-bond donors (Lipinski definition) is 0. The molecule has 0 aliphatic carbocycles. The maximum atomic E-state index is 4.34. The van der Waals surface area contributed by atoms with Gasteiger partial charge in [0.15, 0.2) is 0 Å². The topological polar surface area (TPSA) is 25.2 Å². The summed E-state index contributed by atoms with van der Waals surface area (Å²) >= 11 is 0. The molecular weight excluding hydrogens is 232 g/mol. The largest absolute Gasteiger partial charge is 0.264 e. The van der Waals surface area contributed by atoms with E-state index in [2.05, 4.69) is 48.4 Å². The van der Waals surface area contributed by atoms with E-state index in [0.717, 1.165) is 35.3 Å². The predicted octanol–water partition coefficient (Wildman–Crippen LogP) is 4.15. The lowest BCUT2D eigenvalue weighted by atomic mass is 10.00. The molecule has 2 aromatic rings.